The van der Waals surface area contributed by atoms with Crippen LogP contribution in [0.25, 0.3) is 0 Å². The summed E-state index contributed by atoms with van der Waals surface area (Å²) in [5.74, 6) is 0.0270. The molecule has 2 amide bonds. The largest absolute Gasteiger partial charge is 0.351 e. The number of aryl methyl sites for hydroxylation is 1. The molecule has 3 rings (SSSR count). The summed E-state index contributed by atoms with van der Waals surface area (Å²) in [5, 5.41) is 5.81. The molecule has 0 unspecified atom stereocenters. The van der Waals surface area contributed by atoms with Crippen molar-refractivity contribution in [3.63, 3.8) is 0 Å². The predicted octanol–water partition coefficient (Wildman–Crippen LogP) is 2.10. The van der Waals surface area contributed by atoms with Crippen LogP contribution in [-0.4, -0.2) is 18.4 Å². The minimum atomic E-state index is -0.0205. The lowest BCUT2D eigenvalue weighted by molar-refractivity contribution is -0.116. The zero-order valence-electron chi connectivity index (χ0n) is 11.1. The molecule has 0 atom stereocenters. The Kier molecular flexibility index (Phi) is 2.81. The van der Waals surface area contributed by atoms with E-state index in [1.54, 1.807) is 6.07 Å². The molecule has 0 aromatic heterocycles. The molecule has 1 aliphatic carbocycles. The minimum Gasteiger partial charge on any atom is -0.351 e. The molecule has 1 fully saturated rings. The first kappa shape index (κ1) is 12.2. The van der Waals surface area contributed by atoms with E-state index >= 15 is 0 Å². The van der Waals surface area contributed by atoms with Crippen molar-refractivity contribution in [3.05, 3.63) is 29.3 Å². The van der Waals surface area contributed by atoms with Crippen molar-refractivity contribution in [1.29, 1.82) is 0 Å². The number of carbonyl (C=O) groups excluding carboxylic acids is 2. The van der Waals surface area contributed by atoms with Crippen LogP contribution in [0.3, 0.4) is 0 Å². The molecule has 0 saturated heterocycles. The Morgan fingerprint density at radius 3 is 2.89 bits per heavy atom. The van der Waals surface area contributed by atoms with E-state index in [0.717, 1.165) is 17.8 Å². The molecule has 1 aromatic carbocycles. The molecule has 0 radical (unpaired) electrons. The van der Waals surface area contributed by atoms with Crippen molar-refractivity contribution in [2.45, 2.75) is 32.6 Å². The highest BCUT2D eigenvalue weighted by molar-refractivity contribution is 5.97. The highest BCUT2D eigenvalue weighted by Crippen LogP contribution is 2.44. The zero-order chi connectivity index (χ0) is 13.5. The van der Waals surface area contributed by atoms with Gasteiger partial charge in [-0.05, 0) is 48.4 Å². The van der Waals surface area contributed by atoms with E-state index in [4.69, 9.17) is 0 Å². The first-order valence-electron chi connectivity index (χ1n) is 6.77. The summed E-state index contributed by atoms with van der Waals surface area (Å²) < 4.78 is 0. The molecular formula is C15H18N2O2. The maximum absolute atomic E-state index is 12.1. The second-order valence-corrected chi connectivity index (χ2v) is 5.91. The summed E-state index contributed by atoms with van der Waals surface area (Å²) in [4.78, 5) is 23.3. The maximum atomic E-state index is 12.1. The fourth-order valence-electron chi connectivity index (χ4n) is 2.31. The van der Waals surface area contributed by atoms with Crippen LogP contribution in [0, 0.1) is 5.41 Å². The Labute approximate surface area is 112 Å². The normalized spacial score (nSPS) is 19.3. The molecule has 0 bridgehead atoms. The van der Waals surface area contributed by atoms with Gasteiger partial charge in [-0.15, -0.1) is 0 Å². The van der Waals surface area contributed by atoms with Gasteiger partial charge in [-0.2, -0.15) is 0 Å². The predicted molar refractivity (Wildman–Crippen MR) is 73.1 cm³/mol. The topological polar surface area (TPSA) is 58.2 Å². The smallest absolute Gasteiger partial charge is 0.251 e. The van der Waals surface area contributed by atoms with Gasteiger partial charge in [0.05, 0.1) is 0 Å². The average molecular weight is 258 g/mol. The molecule has 1 heterocycles. The zero-order valence-corrected chi connectivity index (χ0v) is 11.1. The van der Waals surface area contributed by atoms with Crippen LogP contribution in [0.2, 0.25) is 0 Å². The van der Waals surface area contributed by atoms with Gasteiger partial charge in [-0.25, -0.2) is 0 Å². The van der Waals surface area contributed by atoms with E-state index in [9.17, 15) is 9.59 Å². The molecule has 2 aliphatic rings. The van der Waals surface area contributed by atoms with Gasteiger partial charge in [0.2, 0.25) is 5.91 Å². The van der Waals surface area contributed by atoms with Gasteiger partial charge in [-0.1, -0.05) is 6.92 Å². The third-order valence-electron chi connectivity index (χ3n) is 4.04. The number of rotatable bonds is 3. The van der Waals surface area contributed by atoms with E-state index in [1.807, 2.05) is 12.1 Å². The first-order valence-corrected chi connectivity index (χ1v) is 6.77. The van der Waals surface area contributed by atoms with Crippen molar-refractivity contribution in [1.82, 2.24) is 5.32 Å². The van der Waals surface area contributed by atoms with Gasteiger partial charge < -0.3 is 10.6 Å². The van der Waals surface area contributed by atoms with Crippen molar-refractivity contribution >= 4 is 17.5 Å². The SMILES string of the molecule is CC1(CNC(=O)c2ccc3c(c2)CCC(=O)N3)CC1. The van der Waals surface area contributed by atoms with E-state index in [2.05, 4.69) is 17.6 Å². The van der Waals surface area contributed by atoms with Crippen molar-refractivity contribution in [3.8, 4) is 0 Å². The van der Waals surface area contributed by atoms with Crippen LogP contribution in [0.1, 0.15) is 42.1 Å². The summed E-state index contributed by atoms with van der Waals surface area (Å²) in [7, 11) is 0. The summed E-state index contributed by atoms with van der Waals surface area (Å²) >= 11 is 0. The highest BCUT2D eigenvalue weighted by atomic mass is 16.2. The Bertz CT molecular complexity index is 547. The third-order valence-corrected chi connectivity index (χ3v) is 4.04. The third kappa shape index (κ3) is 2.62. The monoisotopic (exact) mass is 258 g/mol. The first-order chi connectivity index (χ1) is 9.06. The molecule has 100 valence electrons. The van der Waals surface area contributed by atoms with Gasteiger partial charge in [0, 0.05) is 24.2 Å². The second-order valence-electron chi connectivity index (χ2n) is 5.91. The number of hydrogen-bond donors (Lipinski definition) is 2. The summed E-state index contributed by atoms with van der Waals surface area (Å²) in [6.07, 6.45) is 3.60. The fraction of sp³-hybridized carbons (Fsp3) is 0.467. The van der Waals surface area contributed by atoms with Gasteiger partial charge in [-0.3, -0.25) is 9.59 Å². The molecule has 1 aromatic rings. The van der Waals surface area contributed by atoms with Crippen molar-refractivity contribution < 1.29 is 9.59 Å². The number of amides is 2. The second kappa shape index (κ2) is 4.37. The standard InChI is InChI=1S/C15H18N2O2/c1-15(6-7-15)9-16-14(19)11-2-4-12-10(8-11)3-5-13(18)17-12/h2,4,8H,3,5-7,9H2,1H3,(H,16,19)(H,17,18). The van der Waals surface area contributed by atoms with Gasteiger partial charge in [0.1, 0.15) is 0 Å². The molecular weight excluding hydrogens is 240 g/mol. The van der Waals surface area contributed by atoms with Crippen molar-refractivity contribution in [2.24, 2.45) is 5.41 Å². The van der Waals surface area contributed by atoms with Crippen LogP contribution in [0.15, 0.2) is 18.2 Å². The van der Waals surface area contributed by atoms with E-state index < -0.39 is 0 Å². The van der Waals surface area contributed by atoms with E-state index in [0.29, 0.717) is 23.8 Å². The van der Waals surface area contributed by atoms with Gasteiger partial charge in [0.25, 0.3) is 5.91 Å². The van der Waals surface area contributed by atoms with Crippen LogP contribution in [0.5, 0.6) is 0 Å². The molecule has 1 saturated carbocycles. The van der Waals surface area contributed by atoms with Crippen LogP contribution in [0.4, 0.5) is 5.69 Å². The van der Waals surface area contributed by atoms with E-state index in [-0.39, 0.29) is 11.8 Å². The number of nitrogens with one attached hydrogen (secondary N) is 2. The Morgan fingerprint density at radius 1 is 1.37 bits per heavy atom. The Morgan fingerprint density at radius 2 is 2.16 bits per heavy atom. The van der Waals surface area contributed by atoms with Crippen molar-refractivity contribution in [2.75, 3.05) is 11.9 Å². The highest BCUT2D eigenvalue weighted by Gasteiger charge is 2.37. The number of benzene rings is 1. The molecule has 4 nitrogen and oxygen atoms in total. The number of anilines is 1. The summed E-state index contributed by atoms with van der Waals surface area (Å²) in [6, 6.07) is 5.48. The minimum absolute atomic E-state index is 0.0205. The summed E-state index contributed by atoms with van der Waals surface area (Å²) in [5.41, 5.74) is 2.88. The maximum Gasteiger partial charge on any atom is 0.251 e. The number of fused-ring (bicyclic) bond motifs is 1. The number of carbonyl (C=O) groups is 2. The van der Waals surface area contributed by atoms with Crippen LogP contribution < -0.4 is 10.6 Å². The summed E-state index contributed by atoms with van der Waals surface area (Å²) in [6.45, 7) is 2.94. The van der Waals surface area contributed by atoms with Crippen LogP contribution >= 0.6 is 0 Å². The Hall–Kier alpha value is -1.84. The Balaban J connectivity index is 1.70. The van der Waals surface area contributed by atoms with E-state index in [1.165, 1.54) is 12.8 Å². The lowest BCUT2D eigenvalue weighted by atomic mass is 10.00. The van der Waals surface area contributed by atoms with Gasteiger partial charge in [0.15, 0.2) is 0 Å². The lowest BCUT2D eigenvalue weighted by Crippen LogP contribution is -2.29. The van der Waals surface area contributed by atoms with Crippen LogP contribution in [-0.2, 0) is 11.2 Å². The molecule has 1 aliphatic heterocycles. The molecule has 4 heteroatoms. The molecule has 2 N–H and O–H groups in total. The fourth-order valence-corrected chi connectivity index (χ4v) is 2.31. The average Bonchev–Trinajstić information content (AvgIpc) is 3.14. The van der Waals surface area contributed by atoms with Gasteiger partial charge >= 0.3 is 0 Å². The molecule has 0 spiro atoms. The quantitative estimate of drug-likeness (QED) is 0.872. The molecule has 19 heavy (non-hydrogen) atoms. The number of hydrogen-bond acceptors (Lipinski definition) is 2. The lowest BCUT2D eigenvalue weighted by Gasteiger charge is -2.17.